The monoisotopic (exact) mass is 390 g/mol. The van der Waals surface area contributed by atoms with Crippen LogP contribution in [0.25, 0.3) is 5.69 Å². The van der Waals surface area contributed by atoms with Crippen molar-refractivity contribution in [2.24, 2.45) is 0 Å². The second-order valence-electron chi connectivity index (χ2n) is 5.56. The van der Waals surface area contributed by atoms with E-state index in [1.54, 1.807) is 42.2 Å². The number of aryl methyl sites for hydroxylation is 1. The molecule has 0 atom stereocenters. The van der Waals surface area contributed by atoms with Crippen molar-refractivity contribution in [2.75, 3.05) is 0 Å². The topological polar surface area (TPSA) is 94.0 Å². The Kier molecular flexibility index (Phi) is 5.06. The zero-order valence-electron chi connectivity index (χ0n) is 13.8. The summed E-state index contributed by atoms with van der Waals surface area (Å²) in [6.07, 6.45) is 3.09. The van der Waals surface area contributed by atoms with E-state index >= 15 is 0 Å². The quantitative estimate of drug-likeness (QED) is 0.721. The summed E-state index contributed by atoms with van der Waals surface area (Å²) in [5, 5.41) is 4.74. The summed E-state index contributed by atoms with van der Waals surface area (Å²) >= 11 is 5.76. The van der Waals surface area contributed by atoms with Crippen LogP contribution in [-0.2, 0) is 21.2 Å². The molecule has 0 unspecified atom stereocenters. The molecule has 26 heavy (non-hydrogen) atoms. The first-order chi connectivity index (χ1) is 12.3. The third-order valence-electron chi connectivity index (χ3n) is 3.51. The Morgan fingerprint density at radius 2 is 1.96 bits per heavy atom. The van der Waals surface area contributed by atoms with Gasteiger partial charge in [-0.1, -0.05) is 11.6 Å². The average molecular weight is 391 g/mol. The van der Waals surface area contributed by atoms with Gasteiger partial charge in [-0.3, -0.25) is 9.78 Å². The van der Waals surface area contributed by atoms with Gasteiger partial charge in [0, 0.05) is 11.2 Å². The molecule has 134 valence electrons. The number of aromatic nitrogens is 3. The van der Waals surface area contributed by atoms with Gasteiger partial charge in [-0.05, 0) is 49.4 Å². The molecule has 1 aromatic carbocycles. The summed E-state index contributed by atoms with van der Waals surface area (Å²) in [4.78, 5) is 16.3. The maximum Gasteiger partial charge on any atom is 0.264 e. The van der Waals surface area contributed by atoms with Crippen LogP contribution in [0.1, 0.15) is 11.4 Å². The van der Waals surface area contributed by atoms with Gasteiger partial charge in [-0.25, -0.2) is 17.8 Å². The zero-order chi connectivity index (χ0) is 18.7. The summed E-state index contributed by atoms with van der Waals surface area (Å²) < 4.78 is 28.2. The van der Waals surface area contributed by atoms with E-state index in [1.807, 2.05) is 0 Å². The van der Waals surface area contributed by atoms with Gasteiger partial charge in [0.2, 0.25) is 5.91 Å². The Hall–Kier alpha value is -2.71. The number of carbonyl (C=O) groups is 1. The summed E-state index contributed by atoms with van der Waals surface area (Å²) in [6, 6.07) is 10.8. The number of hydrogen-bond donors (Lipinski definition) is 1. The highest BCUT2D eigenvalue weighted by Gasteiger charge is 2.19. The molecule has 2 heterocycles. The minimum Gasteiger partial charge on any atom is -0.274 e. The summed E-state index contributed by atoms with van der Waals surface area (Å²) in [5.74, 6) is -0.662. The van der Waals surface area contributed by atoms with E-state index in [-0.39, 0.29) is 11.3 Å². The number of carbonyl (C=O) groups excluding carboxylic acids is 1. The largest absolute Gasteiger partial charge is 0.274 e. The number of sulfonamides is 1. The van der Waals surface area contributed by atoms with Gasteiger partial charge in [0.05, 0.1) is 34.6 Å². The number of nitrogens with one attached hydrogen (secondary N) is 1. The molecule has 0 aliphatic rings. The lowest BCUT2D eigenvalue weighted by Gasteiger charge is -2.09. The molecule has 0 saturated carbocycles. The van der Waals surface area contributed by atoms with Crippen molar-refractivity contribution in [1.29, 1.82) is 0 Å². The minimum atomic E-state index is -3.97. The molecule has 0 saturated heterocycles. The van der Waals surface area contributed by atoms with Gasteiger partial charge in [-0.15, -0.1) is 0 Å². The van der Waals surface area contributed by atoms with Crippen LogP contribution >= 0.6 is 11.6 Å². The first-order valence-corrected chi connectivity index (χ1v) is 9.48. The van der Waals surface area contributed by atoms with E-state index in [0.717, 1.165) is 0 Å². The fourth-order valence-electron chi connectivity index (χ4n) is 2.40. The number of halogens is 1. The fourth-order valence-corrected chi connectivity index (χ4v) is 3.51. The SMILES string of the molecule is Cc1cc(CC(=O)NS(=O)(=O)c2ccc(Cl)cc2)n(-c2cccnc2)n1. The highest BCUT2D eigenvalue weighted by atomic mass is 35.5. The maximum absolute atomic E-state index is 12.3. The summed E-state index contributed by atoms with van der Waals surface area (Å²) in [5.41, 5.74) is 1.94. The number of benzene rings is 1. The van der Waals surface area contributed by atoms with E-state index in [9.17, 15) is 13.2 Å². The predicted octanol–water partition coefficient (Wildman–Crippen LogP) is 2.28. The second kappa shape index (κ2) is 7.27. The molecule has 3 aromatic rings. The van der Waals surface area contributed by atoms with Crippen LogP contribution in [0.2, 0.25) is 5.02 Å². The molecule has 1 N–H and O–H groups in total. The molecule has 1 amide bonds. The first kappa shape index (κ1) is 18.1. The third-order valence-corrected chi connectivity index (χ3v) is 5.15. The lowest BCUT2D eigenvalue weighted by atomic mass is 10.2. The van der Waals surface area contributed by atoms with Crippen molar-refractivity contribution in [1.82, 2.24) is 19.5 Å². The third kappa shape index (κ3) is 4.09. The van der Waals surface area contributed by atoms with E-state index < -0.39 is 15.9 Å². The van der Waals surface area contributed by atoms with Crippen molar-refractivity contribution in [3.8, 4) is 5.69 Å². The molecule has 3 rings (SSSR count). The lowest BCUT2D eigenvalue weighted by Crippen LogP contribution is -2.32. The van der Waals surface area contributed by atoms with Crippen molar-refractivity contribution < 1.29 is 13.2 Å². The van der Waals surface area contributed by atoms with Crippen LogP contribution in [0, 0.1) is 6.92 Å². The lowest BCUT2D eigenvalue weighted by molar-refractivity contribution is -0.118. The van der Waals surface area contributed by atoms with Crippen LogP contribution in [0.4, 0.5) is 0 Å². The van der Waals surface area contributed by atoms with Gasteiger partial charge < -0.3 is 0 Å². The molecule has 2 aromatic heterocycles. The summed E-state index contributed by atoms with van der Waals surface area (Å²) in [6.45, 7) is 1.79. The number of hydrogen-bond acceptors (Lipinski definition) is 5. The van der Waals surface area contributed by atoms with Crippen LogP contribution in [-0.4, -0.2) is 29.1 Å². The highest BCUT2D eigenvalue weighted by Crippen LogP contribution is 2.15. The van der Waals surface area contributed by atoms with Gasteiger partial charge >= 0.3 is 0 Å². The second-order valence-corrected chi connectivity index (χ2v) is 7.68. The minimum absolute atomic E-state index is 0.0350. The normalized spacial score (nSPS) is 11.3. The van der Waals surface area contributed by atoms with Crippen LogP contribution in [0.5, 0.6) is 0 Å². The number of rotatable bonds is 5. The van der Waals surface area contributed by atoms with Gasteiger partial charge in [-0.2, -0.15) is 5.10 Å². The molecule has 0 fully saturated rings. The van der Waals surface area contributed by atoms with Crippen LogP contribution in [0.3, 0.4) is 0 Å². The average Bonchev–Trinajstić information content (AvgIpc) is 2.95. The number of amides is 1. The Balaban J connectivity index is 1.80. The van der Waals surface area contributed by atoms with E-state index in [1.165, 1.54) is 24.3 Å². The van der Waals surface area contributed by atoms with Gasteiger partial charge in [0.15, 0.2) is 0 Å². The molecule has 0 aliphatic heterocycles. The molecule has 0 radical (unpaired) electrons. The summed E-state index contributed by atoms with van der Waals surface area (Å²) in [7, 11) is -3.97. The molecule has 0 bridgehead atoms. The van der Waals surface area contributed by atoms with Gasteiger partial charge in [0.25, 0.3) is 10.0 Å². The van der Waals surface area contributed by atoms with Crippen molar-refractivity contribution in [3.05, 3.63) is 71.3 Å². The maximum atomic E-state index is 12.3. The van der Waals surface area contributed by atoms with E-state index in [2.05, 4.69) is 14.8 Å². The molecule has 7 nitrogen and oxygen atoms in total. The highest BCUT2D eigenvalue weighted by molar-refractivity contribution is 7.90. The molecule has 9 heteroatoms. The molecule has 0 aliphatic carbocycles. The van der Waals surface area contributed by atoms with Crippen molar-refractivity contribution >= 4 is 27.5 Å². The standard InChI is InChI=1S/C17H15ClN4O3S/c1-12-9-15(22(20-12)14-3-2-8-19-11-14)10-17(23)21-26(24,25)16-6-4-13(18)5-7-16/h2-9,11H,10H2,1H3,(H,21,23). The van der Waals surface area contributed by atoms with E-state index in [0.29, 0.717) is 22.1 Å². The van der Waals surface area contributed by atoms with Gasteiger partial charge in [0.1, 0.15) is 0 Å². The Morgan fingerprint density at radius 1 is 1.23 bits per heavy atom. The molecular weight excluding hydrogens is 376 g/mol. The first-order valence-electron chi connectivity index (χ1n) is 7.62. The molecular formula is C17H15ClN4O3S. The van der Waals surface area contributed by atoms with Crippen LogP contribution < -0.4 is 4.72 Å². The Bertz CT molecular complexity index is 1030. The number of pyridine rings is 1. The van der Waals surface area contributed by atoms with Crippen molar-refractivity contribution in [2.45, 2.75) is 18.2 Å². The number of nitrogens with zero attached hydrogens (tertiary/aromatic N) is 3. The van der Waals surface area contributed by atoms with Crippen molar-refractivity contribution in [3.63, 3.8) is 0 Å². The van der Waals surface area contributed by atoms with Crippen LogP contribution in [0.15, 0.2) is 59.8 Å². The molecule has 0 spiro atoms. The zero-order valence-corrected chi connectivity index (χ0v) is 15.3. The Labute approximate surface area is 155 Å². The predicted molar refractivity (Wildman–Crippen MR) is 96.6 cm³/mol. The smallest absolute Gasteiger partial charge is 0.264 e. The van der Waals surface area contributed by atoms with E-state index in [4.69, 9.17) is 11.6 Å². The Morgan fingerprint density at radius 3 is 2.62 bits per heavy atom. The fraction of sp³-hybridized carbons (Fsp3) is 0.118.